The summed E-state index contributed by atoms with van der Waals surface area (Å²) in [5.41, 5.74) is 3.72. The topological polar surface area (TPSA) is 176 Å². The van der Waals surface area contributed by atoms with Gasteiger partial charge in [0.1, 0.15) is 35.1 Å². The number of hydrogen-bond donors (Lipinski definition) is 3. The fraction of sp³-hybridized carbons (Fsp3) is 0.342. The van der Waals surface area contributed by atoms with Crippen LogP contribution in [0.3, 0.4) is 0 Å². The van der Waals surface area contributed by atoms with E-state index in [1.165, 1.54) is 6.20 Å². The third-order valence-corrected chi connectivity index (χ3v) is 11.1. The average molecular weight is 778 g/mol. The van der Waals surface area contributed by atoms with Gasteiger partial charge in [0.2, 0.25) is 10.9 Å². The van der Waals surface area contributed by atoms with Crippen molar-refractivity contribution in [1.29, 1.82) is 0 Å². The quantitative estimate of drug-likeness (QED) is 0.222. The van der Waals surface area contributed by atoms with Gasteiger partial charge in [-0.2, -0.15) is 0 Å². The van der Waals surface area contributed by atoms with Crippen molar-refractivity contribution in [3.63, 3.8) is 0 Å². The molecule has 0 amide bonds. The molecule has 5 aromatic rings. The molecule has 0 spiro atoms. The second-order valence-electron chi connectivity index (χ2n) is 14.6. The molecule has 3 fully saturated rings. The van der Waals surface area contributed by atoms with E-state index in [2.05, 4.69) is 9.88 Å². The highest BCUT2D eigenvalue weighted by atomic mass is 19.1. The second-order valence-corrected chi connectivity index (χ2v) is 14.6. The Kier molecular flexibility index (Phi) is 8.99. The van der Waals surface area contributed by atoms with Crippen LogP contribution in [-0.2, 0) is 0 Å². The van der Waals surface area contributed by atoms with Gasteiger partial charge in [-0.1, -0.05) is 0 Å². The van der Waals surface area contributed by atoms with E-state index in [1.54, 1.807) is 9.47 Å². The second kappa shape index (κ2) is 13.6. The molecule has 1 saturated carbocycles. The Morgan fingerprint density at radius 1 is 0.839 bits per heavy atom. The SMILES string of the molecule is CC1COc2c(N3CCN(C)CC3)c(F)cc3c(=O)c(C(=O)O)cn1c23.N[C@@H]1[C@H]2CN(c3nc4c(cc3F)c(=O)c(C(=O)O)cn4-c3ccc(F)cc3F)C[C@@H]12. The number of ether oxygens (including phenoxy) is 1. The fourth-order valence-corrected chi connectivity index (χ4v) is 7.88. The Morgan fingerprint density at radius 3 is 2.11 bits per heavy atom. The summed E-state index contributed by atoms with van der Waals surface area (Å²) in [6, 6.07) is 4.69. The molecule has 14 nitrogen and oxygen atoms in total. The number of fused-ring (bicyclic) bond motifs is 2. The predicted octanol–water partition coefficient (Wildman–Crippen LogP) is 3.44. The minimum absolute atomic E-state index is 0.0272. The summed E-state index contributed by atoms with van der Waals surface area (Å²) in [4.78, 5) is 58.2. The van der Waals surface area contributed by atoms with E-state index in [1.807, 2.05) is 18.9 Å². The third-order valence-electron chi connectivity index (χ3n) is 11.1. The van der Waals surface area contributed by atoms with Crippen LogP contribution in [-0.4, -0.2) is 100 Å². The highest BCUT2D eigenvalue weighted by Crippen LogP contribution is 2.46. The van der Waals surface area contributed by atoms with Crippen LogP contribution in [0.1, 0.15) is 33.7 Å². The van der Waals surface area contributed by atoms with E-state index in [-0.39, 0.29) is 64.0 Å². The van der Waals surface area contributed by atoms with Crippen LogP contribution >= 0.6 is 0 Å². The molecule has 0 radical (unpaired) electrons. The lowest BCUT2D eigenvalue weighted by molar-refractivity contribution is 0.0684. The van der Waals surface area contributed by atoms with Crippen molar-refractivity contribution in [2.45, 2.75) is 19.0 Å². The van der Waals surface area contributed by atoms with E-state index < -0.39 is 51.6 Å². The van der Waals surface area contributed by atoms with Crippen LogP contribution in [0, 0.1) is 35.1 Å². The number of likely N-dealkylation sites (N-methyl/N-ethyl adjacent to an activating group) is 1. The highest BCUT2D eigenvalue weighted by Gasteiger charge is 2.54. The molecule has 4 aliphatic rings. The lowest BCUT2D eigenvalue weighted by atomic mass is 10.1. The molecule has 4 atom stereocenters. The molecule has 56 heavy (non-hydrogen) atoms. The molecular formula is C38H35F4N7O7. The number of anilines is 2. The maximum atomic E-state index is 15.0. The Morgan fingerprint density at radius 2 is 1.46 bits per heavy atom. The molecule has 2 aromatic carbocycles. The number of pyridine rings is 3. The molecule has 18 heteroatoms. The molecule has 3 aromatic heterocycles. The number of rotatable bonds is 5. The number of carboxylic acids is 2. The van der Waals surface area contributed by atoms with E-state index in [4.69, 9.17) is 10.5 Å². The molecule has 292 valence electrons. The van der Waals surface area contributed by atoms with Gasteiger partial charge in [-0.3, -0.25) is 14.2 Å². The number of nitrogens with two attached hydrogens (primary N) is 1. The van der Waals surface area contributed by atoms with Gasteiger partial charge in [0, 0.05) is 63.8 Å². The number of carbonyl (C=O) groups is 2. The summed E-state index contributed by atoms with van der Waals surface area (Å²) in [7, 11) is 2.02. The van der Waals surface area contributed by atoms with Crippen molar-refractivity contribution in [3.8, 4) is 11.4 Å². The summed E-state index contributed by atoms with van der Waals surface area (Å²) in [5.74, 6) is -5.25. The normalized spacial score (nSPS) is 21.4. The third kappa shape index (κ3) is 6.08. The van der Waals surface area contributed by atoms with Gasteiger partial charge in [-0.25, -0.2) is 32.1 Å². The van der Waals surface area contributed by atoms with Crippen LogP contribution in [0.15, 0.2) is 52.3 Å². The zero-order chi connectivity index (χ0) is 39.9. The van der Waals surface area contributed by atoms with Gasteiger partial charge < -0.3 is 40.0 Å². The van der Waals surface area contributed by atoms with Gasteiger partial charge in [-0.15, -0.1) is 0 Å². The van der Waals surface area contributed by atoms with Crippen molar-refractivity contribution in [1.82, 2.24) is 19.0 Å². The molecule has 1 unspecified atom stereocenters. The van der Waals surface area contributed by atoms with Crippen LogP contribution in [0.25, 0.3) is 27.6 Å². The van der Waals surface area contributed by atoms with E-state index >= 15 is 0 Å². The Hall–Kier alpha value is -6.01. The number of carboxylic acid groups (broad SMARTS) is 2. The Bertz CT molecular complexity index is 2600. The fourth-order valence-electron chi connectivity index (χ4n) is 7.88. The molecule has 4 N–H and O–H groups in total. The van der Waals surface area contributed by atoms with Crippen LogP contribution < -0.4 is 31.1 Å². The minimum Gasteiger partial charge on any atom is -0.487 e. The summed E-state index contributed by atoms with van der Waals surface area (Å²) >= 11 is 0. The summed E-state index contributed by atoms with van der Waals surface area (Å²) in [6.07, 6.45) is 2.25. The van der Waals surface area contributed by atoms with Gasteiger partial charge >= 0.3 is 11.9 Å². The summed E-state index contributed by atoms with van der Waals surface area (Å²) < 4.78 is 66.3. The van der Waals surface area contributed by atoms with Gasteiger partial charge in [-0.05, 0) is 50.1 Å². The lowest BCUT2D eigenvalue weighted by Gasteiger charge is -2.37. The number of benzene rings is 2. The standard InChI is InChI=1S/C20H15F3N4O3.C18H20FN3O4/c21-8-1-2-15(13(22)3-8)27-7-12(20(29)30)17(28)9-4-14(23)19(25-18(9)27)26-5-10-11(6-26)16(10)24;1-10-9-26-17-14-11(16(23)12(18(24)25)8-22(10)14)7-13(19)15(17)21-5-3-20(2)4-6-21/h1-4,7,10-11,16H,5-6,24H2,(H,29,30);7-8,10H,3-6,9H2,1-2H3,(H,24,25)/t10-,11+,16+;. The van der Waals surface area contributed by atoms with Crippen molar-refractivity contribution in [2.75, 3.05) is 62.7 Å². The highest BCUT2D eigenvalue weighted by molar-refractivity contribution is 5.97. The van der Waals surface area contributed by atoms with Crippen LogP contribution in [0.2, 0.25) is 0 Å². The number of nitrogens with zero attached hydrogens (tertiary/aromatic N) is 6. The number of hydrogen-bond acceptors (Lipinski definition) is 10. The molecule has 0 bridgehead atoms. The first kappa shape index (κ1) is 36.9. The van der Waals surface area contributed by atoms with E-state index in [0.29, 0.717) is 49.2 Å². The number of piperazine rings is 1. The monoisotopic (exact) mass is 777 g/mol. The van der Waals surface area contributed by atoms with Crippen molar-refractivity contribution in [3.05, 3.63) is 97.6 Å². The maximum absolute atomic E-state index is 15.0. The first-order valence-corrected chi connectivity index (χ1v) is 17.8. The van der Waals surface area contributed by atoms with Gasteiger partial charge in [0.25, 0.3) is 0 Å². The molecular weight excluding hydrogens is 742 g/mol. The average Bonchev–Trinajstić information content (AvgIpc) is 3.51. The summed E-state index contributed by atoms with van der Waals surface area (Å²) in [6.45, 7) is 6.08. The van der Waals surface area contributed by atoms with E-state index in [0.717, 1.165) is 48.1 Å². The smallest absolute Gasteiger partial charge is 0.341 e. The van der Waals surface area contributed by atoms with Crippen molar-refractivity contribution < 1.29 is 42.1 Å². The largest absolute Gasteiger partial charge is 0.487 e. The van der Waals surface area contributed by atoms with Crippen molar-refractivity contribution >= 4 is 45.4 Å². The molecule has 3 aliphatic heterocycles. The first-order chi connectivity index (χ1) is 26.6. The molecule has 6 heterocycles. The number of aromatic carboxylic acids is 2. The van der Waals surface area contributed by atoms with Crippen LogP contribution in [0.4, 0.5) is 29.1 Å². The molecule has 1 aliphatic carbocycles. The first-order valence-electron chi connectivity index (χ1n) is 17.8. The number of aromatic nitrogens is 3. The van der Waals surface area contributed by atoms with Crippen LogP contribution in [0.5, 0.6) is 5.75 Å². The Balaban J connectivity index is 0.000000159. The molecule has 2 saturated heterocycles. The molecule has 9 rings (SSSR count). The zero-order valence-electron chi connectivity index (χ0n) is 30.0. The lowest BCUT2D eigenvalue weighted by Crippen LogP contribution is -2.45. The summed E-state index contributed by atoms with van der Waals surface area (Å²) in [5, 5.41) is 18.4. The number of piperidine rings is 1. The minimum atomic E-state index is -1.56. The predicted molar refractivity (Wildman–Crippen MR) is 196 cm³/mol. The van der Waals surface area contributed by atoms with Crippen molar-refractivity contribution in [2.24, 2.45) is 17.6 Å². The Labute approximate surface area is 314 Å². The number of halogens is 4. The van der Waals surface area contributed by atoms with E-state index in [9.17, 15) is 47.0 Å². The maximum Gasteiger partial charge on any atom is 0.341 e. The van der Waals surface area contributed by atoms with Gasteiger partial charge in [0.05, 0.1) is 28.0 Å². The zero-order valence-corrected chi connectivity index (χ0v) is 30.0. The van der Waals surface area contributed by atoms with Gasteiger partial charge in [0.15, 0.2) is 28.8 Å².